The van der Waals surface area contributed by atoms with Crippen LogP contribution in [-0.4, -0.2) is 49.5 Å². The van der Waals surface area contributed by atoms with Crippen LogP contribution in [-0.2, 0) is 24.9 Å². The number of ether oxygens (including phenoxy) is 1. The zero-order valence-corrected chi connectivity index (χ0v) is 25.4. The average Bonchev–Trinajstić information content (AvgIpc) is 3.33. The minimum absolute atomic E-state index is 0.172. The molecule has 1 amide bonds. The monoisotopic (exact) mass is 587 g/mol. The fourth-order valence-electron chi connectivity index (χ4n) is 5.59. The summed E-state index contributed by atoms with van der Waals surface area (Å²) in [4.78, 5) is 46.9. The Morgan fingerprint density at radius 1 is 1.23 bits per heavy atom. The molecule has 12 nitrogen and oxygen atoms in total. The second-order valence-corrected chi connectivity index (χ2v) is 11.9. The van der Waals surface area contributed by atoms with Crippen molar-refractivity contribution in [3.8, 4) is 11.8 Å². The summed E-state index contributed by atoms with van der Waals surface area (Å²) < 4.78 is 10.4. The van der Waals surface area contributed by atoms with Crippen molar-refractivity contribution in [3.63, 3.8) is 0 Å². The van der Waals surface area contributed by atoms with E-state index in [0.717, 1.165) is 27.5 Å². The van der Waals surface area contributed by atoms with Gasteiger partial charge in [0.2, 0.25) is 11.6 Å². The minimum Gasteiger partial charge on any atom is -0.618 e. The van der Waals surface area contributed by atoms with Gasteiger partial charge in [-0.05, 0) is 52.0 Å². The van der Waals surface area contributed by atoms with E-state index in [4.69, 9.17) is 9.72 Å². The number of aromatic nitrogens is 5. The van der Waals surface area contributed by atoms with Gasteiger partial charge >= 0.3 is 11.8 Å². The largest absolute Gasteiger partial charge is 0.618 e. The van der Waals surface area contributed by atoms with Crippen molar-refractivity contribution in [1.29, 1.82) is 0 Å². The molecule has 3 aromatic heterocycles. The lowest BCUT2D eigenvalue weighted by atomic mass is 10.1. The SMILES string of the molecule is CC#CCn1c(N2CCC[C@@H](NC(=O)OC(C)(C)C)C2)nc2c1c(=O)n(Cc1c3ccccc3cc(C)[n+]1[O-])c(=O)n2C. The van der Waals surface area contributed by atoms with Crippen LogP contribution in [0, 0.1) is 24.0 Å². The van der Waals surface area contributed by atoms with Crippen LogP contribution in [0.5, 0.6) is 0 Å². The van der Waals surface area contributed by atoms with Crippen molar-refractivity contribution in [2.45, 2.75) is 72.2 Å². The van der Waals surface area contributed by atoms with Crippen molar-refractivity contribution in [3.05, 3.63) is 67.8 Å². The maximum Gasteiger partial charge on any atom is 0.407 e. The number of piperidine rings is 1. The highest BCUT2D eigenvalue weighted by Crippen LogP contribution is 2.24. The Labute approximate surface area is 249 Å². The molecule has 0 saturated carbocycles. The number of pyridine rings is 1. The van der Waals surface area contributed by atoms with Crippen LogP contribution in [0.15, 0.2) is 39.9 Å². The molecule has 12 heteroatoms. The lowest BCUT2D eigenvalue weighted by molar-refractivity contribution is -0.619. The molecule has 1 N–H and O–H groups in total. The molecule has 43 heavy (non-hydrogen) atoms. The maximum absolute atomic E-state index is 14.1. The van der Waals surface area contributed by atoms with E-state index in [1.54, 1.807) is 31.5 Å². The van der Waals surface area contributed by atoms with Gasteiger partial charge in [0.05, 0.1) is 11.9 Å². The molecular formula is C31H37N7O5. The Kier molecular flexibility index (Phi) is 7.92. The molecule has 0 aliphatic carbocycles. The van der Waals surface area contributed by atoms with Gasteiger partial charge in [-0.2, -0.15) is 9.71 Å². The van der Waals surface area contributed by atoms with E-state index in [0.29, 0.717) is 35.8 Å². The summed E-state index contributed by atoms with van der Waals surface area (Å²) in [5.41, 5.74) is -0.538. The molecule has 0 radical (unpaired) electrons. The number of hydrogen-bond donors (Lipinski definition) is 1. The van der Waals surface area contributed by atoms with Crippen LogP contribution in [0.2, 0.25) is 0 Å². The fourth-order valence-corrected chi connectivity index (χ4v) is 5.59. The second kappa shape index (κ2) is 11.5. The predicted molar refractivity (Wildman–Crippen MR) is 164 cm³/mol. The molecule has 1 saturated heterocycles. The zero-order chi connectivity index (χ0) is 31.1. The average molecular weight is 588 g/mol. The van der Waals surface area contributed by atoms with Crippen molar-refractivity contribution in [1.82, 2.24) is 24.0 Å². The highest BCUT2D eigenvalue weighted by Gasteiger charge is 2.29. The molecule has 0 spiro atoms. The van der Waals surface area contributed by atoms with Crippen LogP contribution in [0.3, 0.4) is 0 Å². The van der Waals surface area contributed by atoms with Gasteiger partial charge in [-0.25, -0.2) is 14.2 Å². The number of benzene rings is 1. The van der Waals surface area contributed by atoms with E-state index in [1.165, 1.54) is 4.57 Å². The van der Waals surface area contributed by atoms with Gasteiger partial charge in [-0.3, -0.25) is 13.9 Å². The third-order valence-electron chi connectivity index (χ3n) is 7.56. The van der Waals surface area contributed by atoms with E-state index < -0.39 is 22.9 Å². The van der Waals surface area contributed by atoms with Gasteiger partial charge in [-0.15, -0.1) is 5.92 Å². The molecule has 4 heterocycles. The number of nitrogens with one attached hydrogen (secondary N) is 1. The van der Waals surface area contributed by atoms with Crippen molar-refractivity contribution in [2.24, 2.45) is 7.05 Å². The maximum atomic E-state index is 14.1. The Bertz CT molecular complexity index is 1900. The summed E-state index contributed by atoms with van der Waals surface area (Å²) >= 11 is 0. The lowest BCUT2D eigenvalue weighted by Gasteiger charge is -2.34. The van der Waals surface area contributed by atoms with Gasteiger partial charge in [0.15, 0.2) is 16.9 Å². The number of carbonyl (C=O) groups excluding carboxylic acids is 1. The first kappa shape index (κ1) is 29.7. The number of fused-ring (bicyclic) bond motifs is 2. The summed E-state index contributed by atoms with van der Waals surface area (Å²) in [6.45, 7) is 9.89. The Hall–Kier alpha value is -4.79. The van der Waals surface area contributed by atoms with E-state index in [2.05, 4.69) is 17.2 Å². The molecule has 1 aliphatic rings. The van der Waals surface area contributed by atoms with Gasteiger partial charge < -0.3 is 20.2 Å². The smallest absolute Gasteiger partial charge is 0.407 e. The van der Waals surface area contributed by atoms with Crippen LogP contribution < -0.4 is 26.2 Å². The van der Waals surface area contributed by atoms with E-state index in [9.17, 15) is 19.6 Å². The third kappa shape index (κ3) is 5.80. The van der Waals surface area contributed by atoms with Crippen LogP contribution >= 0.6 is 0 Å². The number of rotatable bonds is 5. The van der Waals surface area contributed by atoms with Gasteiger partial charge in [0, 0.05) is 39.2 Å². The summed E-state index contributed by atoms with van der Waals surface area (Å²) in [6, 6.07) is 8.98. The van der Waals surface area contributed by atoms with E-state index >= 15 is 0 Å². The van der Waals surface area contributed by atoms with Gasteiger partial charge in [0.1, 0.15) is 12.1 Å². The summed E-state index contributed by atoms with van der Waals surface area (Å²) in [7, 11) is 1.57. The van der Waals surface area contributed by atoms with E-state index in [-0.39, 0.29) is 30.3 Å². The van der Waals surface area contributed by atoms with E-state index in [1.807, 2.05) is 49.9 Å². The highest BCUT2D eigenvalue weighted by atomic mass is 16.6. The summed E-state index contributed by atoms with van der Waals surface area (Å²) in [5, 5.41) is 17.6. The lowest BCUT2D eigenvalue weighted by Crippen LogP contribution is -2.49. The molecule has 0 unspecified atom stereocenters. The van der Waals surface area contributed by atoms with Gasteiger partial charge in [0.25, 0.3) is 5.56 Å². The van der Waals surface area contributed by atoms with Crippen LogP contribution in [0.4, 0.5) is 10.7 Å². The first-order valence-corrected chi connectivity index (χ1v) is 14.3. The zero-order valence-electron chi connectivity index (χ0n) is 25.4. The summed E-state index contributed by atoms with van der Waals surface area (Å²) in [5.74, 6) is 6.39. The third-order valence-corrected chi connectivity index (χ3v) is 7.56. The van der Waals surface area contributed by atoms with Crippen molar-refractivity contribution in [2.75, 3.05) is 18.0 Å². The van der Waals surface area contributed by atoms with Crippen molar-refractivity contribution >= 4 is 34.0 Å². The number of alkyl carbamates (subject to hydrolysis) is 1. The second-order valence-electron chi connectivity index (χ2n) is 11.9. The number of aryl methyl sites for hydroxylation is 2. The predicted octanol–water partition coefficient (Wildman–Crippen LogP) is 2.56. The minimum atomic E-state index is -0.619. The van der Waals surface area contributed by atoms with Crippen molar-refractivity contribution < 1.29 is 14.3 Å². The topological polar surface area (TPSA) is 130 Å². The van der Waals surface area contributed by atoms with Gasteiger partial charge in [-0.1, -0.05) is 24.1 Å². The molecule has 1 fully saturated rings. The van der Waals surface area contributed by atoms with Crippen LogP contribution in [0.25, 0.3) is 21.9 Å². The molecule has 5 rings (SSSR count). The quantitative estimate of drug-likeness (QED) is 0.216. The number of nitrogens with zero attached hydrogens (tertiary/aromatic N) is 6. The molecular weight excluding hydrogens is 550 g/mol. The fraction of sp³-hybridized carbons (Fsp3) is 0.452. The van der Waals surface area contributed by atoms with Crippen LogP contribution in [0.1, 0.15) is 51.9 Å². The number of carbonyl (C=O) groups is 1. The Balaban J connectivity index is 1.60. The molecule has 0 bridgehead atoms. The Morgan fingerprint density at radius 2 is 1.98 bits per heavy atom. The number of anilines is 1. The summed E-state index contributed by atoms with van der Waals surface area (Å²) in [6.07, 6.45) is 1.04. The molecule has 1 aliphatic heterocycles. The molecule has 1 aromatic carbocycles. The first-order valence-electron chi connectivity index (χ1n) is 14.3. The highest BCUT2D eigenvalue weighted by molar-refractivity contribution is 5.84. The number of imidazole rings is 1. The molecule has 4 aromatic rings. The normalized spacial score (nSPS) is 15.4. The standard InChI is InChI=1S/C31H37N7O5/c1-7-8-16-36-25-26(33-28(36)35-15-11-13-22(18-35)32-29(40)43-31(3,4)5)34(6)30(41)37(27(25)39)19-24-23-14-10-9-12-21(23)17-20(2)38(24)42/h9-10,12,14,17,22H,11,13,15-16,18-19H2,1-6H3,(H,32,40)/t22-/m1/s1. The first-order chi connectivity index (χ1) is 20.4. The number of amides is 1. The number of hydrogen-bond acceptors (Lipinski definition) is 7. The molecule has 1 atom stereocenters. The Morgan fingerprint density at radius 3 is 2.70 bits per heavy atom. The molecule has 226 valence electrons.